The molecule has 1 rings (SSSR count). The van der Waals surface area contributed by atoms with Crippen LogP contribution in [-0.4, -0.2) is 18.6 Å². The fourth-order valence-corrected chi connectivity index (χ4v) is 1.66. The third-order valence-corrected chi connectivity index (χ3v) is 2.54. The topological polar surface area (TPSA) is 59.1 Å². The van der Waals surface area contributed by atoms with Crippen LogP contribution in [0.4, 0.5) is 13.2 Å². The van der Waals surface area contributed by atoms with Gasteiger partial charge in [-0.2, -0.15) is 13.2 Å². The van der Waals surface area contributed by atoms with Crippen LogP contribution in [0.25, 0.3) is 0 Å². The standard InChI is InChI=1S/C10H10BrF3N2O/c11-8-5-6(1-2-7(8)9(15)16)17-4-3-10(12,13)14/h1-2,5H,3-4H2,(H3,15,16). The van der Waals surface area contributed by atoms with Gasteiger partial charge in [0.05, 0.1) is 13.0 Å². The number of nitrogens with two attached hydrogens (primary N) is 1. The summed E-state index contributed by atoms with van der Waals surface area (Å²) in [6, 6.07) is 4.46. The normalized spacial score (nSPS) is 11.3. The van der Waals surface area contributed by atoms with E-state index in [0.29, 0.717) is 15.8 Å². The Morgan fingerprint density at radius 2 is 2.06 bits per heavy atom. The highest BCUT2D eigenvalue weighted by Crippen LogP contribution is 2.24. The molecule has 0 aliphatic heterocycles. The molecule has 1 aromatic rings. The first-order chi connectivity index (χ1) is 7.79. The molecule has 0 unspecified atom stereocenters. The molecule has 0 saturated carbocycles. The highest BCUT2D eigenvalue weighted by atomic mass is 79.9. The van der Waals surface area contributed by atoms with Crippen molar-refractivity contribution >= 4 is 21.8 Å². The van der Waals surface area contributed by atoms with E-state index in [-0.39, 0.29) is 5.84 Å². The largest absolute Gasteiger partial charge is 0.493 e. The molecule has 1 aromatic carbocycles. The van der Waals surface area contributed by atoms with E-state index in [1.165, 1.54) is 18.2 Å². The quantitative estimate of drug-likeness (QED) is 0.663. The van der Waals surface area contributed by atoms with Crippen molar-refractivity contribution in [1.82, 2.24) is 0 Å². The maximum absolute atomic E-state index is 11.9. The minimum atomic E-state index is -4.23. The first-order valence-corrected chi connectivity index (χ1v) is 5.42. The SMILES string of the molecule is N=C(N)c1ccc(OCCC(F)(F)F)cc1Br. The van der Waals surface area contributed by atoms with E-state index in [9.17, 15) is 13.2 Å². The molecule has 0 fully saturated rings. The lowest BCUT2D eigenvalue weighted by atomic mass is 10.2. The highest BCUT2D eigenvalue weighted by Gasteiger charge is 2.26. The second kappa shape index (κ2) is 5.39. The number of alkyl halides is 3. The molecule has 17 heavy (non-hydrogen) atoms. The third-order valence-electron chi connectivity index (χ3n) is 1.88. The van der Waals surface area contributed by atoms with Crippen molar-refractivity contribution < 1.29 is 17.9 Å². The summed E-state index contributed by atoms with van der Waals surface area (Å²) in [5, 5.41) is 7.22. The number of nitrogen functional groups attached to an aromatic ring is 1. The van der Waals surface area contributed by atoms with Gasteiger partial charge in [-0.1, -0.05) is 0 Å². The van der Waals surface area contributed by atoms with Crippen LogP contribution in [-0.2, 0) is 0 Å². The number of hydrogen-bond donors (Lipinski definition) is 2. The molecule has 94 valence electrons. The molecule has 7 heteroatoms. The van der Waals surface area contributed by atoms with Gasteiger partial charge in [-0.3, -0.25) is 5.41 Å². The van der Waals surface area contributed by atoms with Gasteiger partial charge in [0, 0.05) is 10.0 Å². The van der Waals surface area contributed by atoms with Gasteiger partial charge in [-0.05, 0) is 34.1 Å². The van der Waals surface area contributed by atoms with Crippen molar-refractivity contribution in [2.45, 2.75) is 12.6 Å². The molecule has 0 bridgehead atoms. The fraction of sp³-hybridized carbons (Fsp3) is 0.300. The maximum Gasteiger partial charge on any atom is 0.392 e. The summed E-state index contributed by atoms with van der Waals surface area (Å²) < 4.78 is 41.1. The lowest BCUT2D eigenvalue weighted by molar-refractivity contribution is -0.139. The molecule has 0 aliphatic rings. The van der Waals surface area contributed by atoms with Gasteiger partial charge in [0.1, 0.15) is 11.6 Å². The predicted octanol–water partition coefficient (Wildman–Crippen LogP) is 3.06. The molecule has 3 nitrogen and oxygen atoms in total. The number of halogens is 4. The number of nitrogens with one attached hydrogen (secondary N) is 1. The van der Waals surface area contributed by atoms with E-state index in [0.717, 1.165) is 0 Å². The van der Waals surface area contributed by atoms with E-state index in [4.69, 9.17) is 15.9 Å². The number of ether oxygens (including phenoxy) is 1. The summed E-state index contributed by atoms with van der Waals surface area (Å²) in [6.07, 6.45) is -5.23. The smallest absolute Gasteiger partial charge is 0.392 e. The number of amidine groups is 1. The van der Waals surface area contributed by atoms with Crippen LogP contribution in [0, 0.1) is 5.41 Å². The number of rotatable bonds is 4. The molecule has 0 radical (unpaired) electrons. The van der Waals surface area contributed by atoms with E-state index in [1.54, 1.807) is 0 Å². The Morgan fingerprint density at radius 3 is 2.53 bits per heavy atom. The average molecular weight is 311 g/mol. The molecule has 0 spiro atoms. The van der Waals surface area contributed by atoms with E-state index < -0.39 is 19.2 Å². The van der Waals surface area contributed by atoms with Crippen LogP contribution in [0.3, 0.4) is 0 Å². The van der Waals surface area contributed by atoms with Gasteiger partial charge < -0.3 is 10.5 Å². The number of benzene rings is 1. The lowest BCUT2D eigenvalue weighted by Crippen LogP contribution is -2.14. The average Bonchev–Trinajstić information content (AvgIpc) is 2.15. The van der Waals surface area contributed by atoms with Crippen molar-refractivity contribution in [3.8, 4) is 5.75 Å². The Kier molecular flexibility index (Phi) is 4.39. The van der Waals surface area contributed by atoms with E-state index >= 15 is 0 Å². The van der Waals surface area contributed by atoms with Gasteiger partial charge in [0.15, 0.2) is 0 Å². The van der Waals surface area contributed by atoms with Gasteiger partial charge in [-0.15, -0.1) is 0 Å². The molecule has 0 amide bonds. The Hall–Kier alpha value is -1.24. The third kappa shape index (κ3) is 4.64. The van der Waals surface area contributed by atoms with E-state index in [2.05, 4.69) is 15.9 Å². The summed E-state index contributed by atoms with van der Waals surface area (Å²) in [5.74, 6) is 0.171. The molecular weight excluding hydrogens is 301 g/mol. The molecular formula is C10H10BrF3N2O. The van der Waals surface area contributed by atoms with E-state index in [1.807, 2.05) is 0 Å². The van der Waals surface area contributed by atoms with Crippen molar-refractivity contribution in [3.05, 3.63) is 28.2 Å². The Balaban J connectivity index is 2.62. The molecule has 0 aliphatic carbocycles. The zero-order valence-electron chi connectivity index (χ0n) is 8.64. The molecule has 0 atom stereocenters. The molecule has 0 heterocycles. The van der Waals surface area contributed by atoms with Gasteiger partial charge >= 0.3 is 6.18 Å². The summed E-state index contributed by atoms with van der Waals surface area (Å²) in [6.45, 7) is -0.435. The molecule has 0 saturated heterocycles. The summed E-state index contributed by atoms with van der Waals surface area (Å²) in [7, 11) is 0. The van der Waals surface area contributed by atoms with Gasteiger partial charge in [0.2, 0.25) is 0 Å². The van der Waals surface area contributed by atoms with Crippen LogP contribution >= 0.6 is 15.9 Å². The Bertz CT molecular complexity index is 421. The minimum Gasteiger partial charge on any atom is -0.493 e. The Morgan fingerprint density at radius 1 is 1.41 bits per heavy atom. The number of hydrogen-bond acceptors (Lipinski definition) is 2. The first kappa shape index (κ1) is 13.8. The van der Waals surface area contributed by atoms with Crippen molar-refractivity contribution in [2.24, 2.45) is 5.73 Å². The summed E-state index contributed by atoms with van der Waals surface area (Å²) in [4.78, 5) is 0. The predicted molar refractivity (Wildman–Crippen MR) is 61.3 cm³/mol. The Labute approximate surface area is 104 Å². The summed E-state index contributed by atoms with van der Waals surface area (Å²) in [5.41, 5.74) is 5.75. The van der Waals surface area contributed by atoms with Crippen molar-refractivity contribution in [2.75, 3.05) is 6.61 Å². The van der Waals surface area contributed by atoms with Crippen LogP contribution in [0.15, 0.2) is 22.7 Å². The van der Waals surface area contributed by atoms with Crippen LogP contribution in [0.1, 0.15) is 12.0 Å². The monoisotopic (exact) mass is 310 g/mol. The van der Waals surface area contributed by atoms with Crippen LogP contribution in [0.2, 0.25) is 0 Å². The van der Waals surface area contributed by atoms with Gasteiger partial charge in [0.25, 0.3) is 0 Å². The zero-order valence-corrected chi connectivity index (χ0v) is 10.2. The van der Waals surface area contributed by atoms with Crippen LogP contribution in [0.5, 0.6) is 5.75 Å². The van der Waals surface area contributed by atoms with Crippen molar-refractivity contribution in [1.29, 1.82) is 5.41 Å². The minimum absolute atomic E-state index is 0.126. The molecule has 0 aromatic heterocycles. The second-order valence-electron chi connectivity index (χ2n) is 3.27. The highest BCUT2D eigenvalue weighted by molar-refractivity contribution is 9.10. The summed E-state index contributed by atoms with van der Waals surface area (Å²) >= 11 is 3.16. The van der Waals surface area contributed by atoms with Gasteiger partial charge in [-0.25, -0.2) is 0 Å². The zero-order chi connectivity index (χ0) is 13.1. The maximum atomic E-state index is 11.9. The second-order valence-corrected chi connectivity index (χ2v) is 4.12. The molecule has 3 N–H and O–H groups in total. The lowest BCUT2D eigenvalue weighted by Gasteiger charge is -2.10. The first-order valence-electron chi connectivity index (χ1n) is 4.63. The van der Waals surface area contributed by atoms with Crippen LogP contribution < -0.4 is 10.5 Å². The van der Waals surface area contributed by atoms with Crippen molar-refractivity contribution in [3.63, 3.8) is 0 Å². The fourth-order valence-electron chi connectivity index (χ4n) is 1.09.